The van der Waals surface area contributed by atoms with Crippen LogP contribution in [-0.2, 0) is 18.8 Å². The molecule has 2 heterocycles. The Labute approximate surface area is 159 Å². The molecule has 2 rings (SSSR count). The van der Waals surface area contributed by atoms with Crippen molar-refractivity contribution in [1.29, 1.82) is 0 Å². The lowest BCUT2D eigenvalue weighted by atomic mass is 9.77. The molecule has 1 aliphatic heterocycles. The van der Waals surface area contributed by atoms with E-state index in [1.54, 1.807) is 12.1 Å². The molecule has 0 radical (unpaired) electrons. The fourth-order valence-corrected chi connectivity index (χ4v) is 2.46. The number of ether oxygens (including phenoxy) is 1. The second kappa shape index (κ2) is 7.70. The van der Waals surface area contributed by atoms with E-state index in [1.807, 2.05) is 27.7 Å². The van der Waals surface area contributed by atoms with E-state index in [0.717, 1.165) is 0 Å². The lowest BCUT2D eigenvalue weighted by Crippen LogP contribution is -2.41. The summed E-state index contributed by atoms with van der Waals surface area (Å²) in [5, 5.41) is 2.75. The molecule has 1 fully saturated rings. The summed E-state index contributed by atoms with van der Waals surface area (Å²) in [4.78, 5) is 27.2. The maximum absolute atomic E-state index is 11.8. The van der Waals surface area contributed by atoms with Gasteiger partial charge in [0.1, 0.15) is 5.82 Å². The Bertz CT molecular complexity index is 760. The molecule has 1 aromatic rings. The number of carbonyl (C=O) groups excluding carboxylic acids is 2. The van der Waals surface area contributed by atoms with Crippen LogP contribution in [0.4, 0.5) is 5.82 Å². The molecule has 0 saturated carbocycles. The van der Waals surface area contributed by atoms with Gasteiger partial charge in [-0.3, -0.25) is 4.79 Å². The van der Waals surface area contributed by atoms with Crippen LogP contribution in [0.25, 0.3) is 6.08 Å². The molecule has 0 aromatic carbocycles. The fourth-order valence-electron chi connectivity index (χ4n) is 2.46. The summed E-state index contributed by atoms with van der Waals surface area (Å²) in [6, 6.07) is 1.58. The highest BCUT2D eigenvalue weighted by Crippen LogP contribution is 2.38. The van der Waals surface area contributed by atoms with Gasteiger partial charge in [0.15, 0.2) is 0 Å². The zero-order valence-electron chi connectivity index (χ0n) is 16.6. The molecule has 3 N–H and O–H groups in total. The Morgan fingerprint density at radius 1 is 1.30 bits per heavy atom. The number of aromatic nitrogens is 1. The molecule has 0 aliphatic carbocycles. The molecule has 1 amide bonds. The van der Waals surface area contributed by atoms with Gasteiger partial charge in [-0.1, -0.05) is 6.08 Å². The highest BCUT2D eigenvalue weighted by Gasteiger charge is 2.52. The van der Waals surface area contributed by atoms with E-state index in [4.69, 9.17) is 19.8 Å². The van der Waals surface area contributed by atoms with E-state index >= 15 is 0 Å². The predicted octanol–water partition coefficient (Wildman–Crippen LogP) is 1.60. The molecule has 27 heavy (non-hydrogen) atoms. The van der Waals surface area contributed by atoms with Crippen LogP contribution in [0.5, 0.6) is 0 Å². The van der Waals surface area contributed by atoms with E-state index < -0.39 is 24.3 Å². The smallest absolute Gasteiger partial charge is 0.465 e. The standard InChI is InChI=1S/C18H26BN3O5/c1-11(23)21-10-14(19-26-17(2,3)18(4,5)27-19)8-12-7-13(16(24)25-6)9-22-15(12)20/h7-9H,10H2,1-6H3,(H2,20,22)(H,21,23). The third kappa shape index (κ3) is 4.67. The van der Waals surface area contributed by atoms with E-state index in [9.17, 15) is 9.59 Å². The maximum Gasteiger partial charge on any atom is 0.492 e. The SMILES string of the molecule is COC(=O)c1cnc(N)c(C=C(CNC(C)=O)B2OC(C)(C)C(C)(C)O2)c1. The average Bonchev–Trinajstić information content (AvgIpc) is 2.79. The summed E-state index contributed by atoms with van der Waals surface area (Å²) in [5.41, 5.74) is 6.32. The van der Waals surface area contributed by atoms with Crippen molar-refractivity contribution in [3.8, 4) is 0 Å². The number of esters is 1. The molecule has 146 valence electrons. The van der Waals surface area contributed by atoms with Crippen LogP contribution in [0.1, 0.15) is 50.5 Å². The molecule has 0 unspecified atom stereocenters. The number of rotatable bonds is 5. The largest absolute Gasteiger partial charge is 0.492 e. The molecular weight excluding hydrogens is 349 g/mol. The van der Waals surface area contributed by atoms with Gasteiger partial charge in [-0.2, -0.15) is 0 Å². The van der Waals surface area contributed by atoms with Gasteiger partial charge >= 0.3 is 13.1 Å². The van der Waals surface area contributed by atoms with Gasteiger partial charge in [0, 0.05) is 25.2 Å². The van der Waals surface area contributed by atoms with Gasteiger partial charge in [-0.25, -0.2) is 9.78 Å². The highest BCUT2D eigenvalue weighted by molar-refractivity contribution is 6.56. The molecule has 1 aliphatic rings. The van der Waals surface area contributed by atoms with Crippen molar-refractivity contribution in [1.82, 2.24) is 10.3 Å². The minimum absolute atomic E-state index is 0.188. The quantitative estimate of drug-likeness (QED) is 0.594. The van der Waals surface area contributed by atoms with E-state index in [0.29, 0.717) is 11.0 Å². The molecular formula is C18H26BN3O5. The minimum Gasteiger partial charge on any atom is -0.465 e. The van der Waals surface area contributed by atoms with Gasteiger partial charge in [0.25, 0.3) is 0 Å². The van der Waals surface area contributed by atoms with Crippen LogP contribution in [0, 0.1) is 0 Å². The first-order valence-corrected chi connectivity index (χ1v) is 8.61. The molecule has 9 heteroatoms. The maximum atomic E-state index is 11.8. The van der Waals surface area contributed by atoms with Crippen molar-refractivity contribution in [3.05, 3.63) is 28.9 Å². The van der Waals surface area contributed by atoms with Crippen LogP contribution < -0.4 is 11.1 Å². The predicted molar refractivity (Wildman–Crippen MR) is 103 cm³/mol. The van der Waals surface area contributed by atoms with Crippen LogP contribution in [0.3, 0.4) is 0 Å². The Morgan fingerprint density at radius 3 is 2.41 bits per heavy atom. The van der Waals surface area contributed by atoms with Crippen LogP contribution in [0.2, 0.25) is 0 Å². The fraction of sp³-hybridized carbons (Fsp3) is 0.500. The Kier molecular flexibility index (Phi) is 5.96. The number of nitrogens with two attached hydrogens (primary N) is 1. The zero-order valence-corrected chi connectivity index (χ0v) is 16.6. The third-order valence-electron chi connectivity index (χ3n) is 4.81. The number of nitrogens with one attached hydrogen (secondary N) is 1. The number of hydrogen-bond acceptors (Lipinski definition) is 7. The molecule has 0 atom stereocenters. The first kappa shape index (κ1) is 20.9. The van der Waals surface area contributed by atoms with Crippen molar-refractivity contribution in [2.75, 3.05) is 19.4 Å². The number of anilines is 1. The lowest BCUT2D eigenvalue weighted by molar-refractivity contribution is -0.118. The molecule has 1 aromatic heterocycles. The molecule has 8 nitrogen and oxygen atoms in total. The van der Waals surface area contributed by atoms with E-state index in [2.05, 4.69) is 10.3 Å². The lowest BCUT2D eigenvalue weighted by Gasteiger charge is -2.32. The van der Waals surface area contributed by atoms with Crippen molar-refractivity contribution >= 4 is 30.9 Å². The molecule has 0 spiro atoms. The number of carbonyl (C=O) groups is 2. The van der Waals surface area contributed by atoms with Crippen molar-refractivity contribution in [2.24, 2.45) is 0 Å². The summed E-state index contributed by atoms with van der Waals surface area (Å²) in [5.74, 6) is -0.470. The van der Waals surface area contributed by atoms with Gasteiger partial charge in [-0.05, 0) is 39.2 Å². The molecule has 1 saturated heterocycles. The first-order valence-electron chi connectivity index (χ1n) is 8.61. The van der Waals surface area contributed by atoms with Crippen LogP contribution >= 0.6 is 0 Å². The van der Waals surface area contributed by atoms with E-state index in [-0.39, 0.29) is 23.8 Å². The van der Waals surface area contributed by atoms with Crippen LogP contribution in [0.15, 0.2) is 17.7 Å². The number of nitrogens with zero attached hydrogens (tertiary/aromatic N) is 1. The average molecular weight is 375 g/mol. The third-order valence-corrected chi connectivity index (χ3v) is 4.81. The second-order valence-corrected chi connectivity index (χ2v) is 7.41. The summed E-state index contributed by atoms with van der Waals surface area (Å²) >= 11 is 0. The monoisotopic (exact) mass is 375 g/mol. The summed E-state index contributed by atoms with van der Waals surface area (Å²) < 4.78 is 16.9. The van der Waals surface area contributed by atoms with Gasteiger partial charge in [0.2, 0.25) is 5.91 Å². The Hall–Kier alpha value is -2.39. The van der Waals surface area contributed by atoms with Crippen molar-refractivity contribution in [2.45, 2.75) is 45.8 Å². The van der Waals surface area contributed by atoms with Crippen LogP contribution in [-0.4, -0.2) is 48.8 Å². The normalized spacial score (nSPS) is 18.3. The first-order chi connectivity index (χ1) is 12.5. The topological polar surface area (TPSA) is 113 Å². The zero-order chi connectivity index (χ0) is 20.4. The Balaban J connectivity index is 2.43. The van der Waals surface area contributed by atoms with Gasteiger partial charge < -0.3 is 25.1 Å². The number of amides is 1. The second-order valence-electron chi connectivity index (χ2n) is 7.41. The van der Waals surface area contributed by atoms with Crippen molar-refractivity contribution in [3.63, 3.8) is 0 Å². The summed E-state index contributed by atoms with van der Waals surface area (Å²) in [6.07, 6.45) is 3.06. The Morgan fingerprint density at radius 2 is 1.89 bits per heavy atom. The summed E-state index contributed by atoms with van der Waals surface area (Å²) in [7, 11) is 0.615. The number of hydrogen-bond donors (Lipinski definition) is 2. The number of nitrogen functional groups attached to an aromatic ring is 1. The highest BCUT2D eigenvalue weighted by atomic mass is 16.7. The number of methoxy groups -OCH3 is 1. The van der Waals surface area contributed by atoms with E-state index in [1.165, 1.54) is 20.2 Å². The van der Waals surface area contributed by atoms with Gasteiger partial charge in [-0.15, -0.1) is 0 Å². The minimum atomic E-state index is -0.678. The van der Waals surface area contributed by atoms with Gasteiger partial charge in [0.05, 0.1) is 23.9 Å². The number of pyridine rings is 1. The molecule has 0 bridgehead atoms. The van der Waals surface area contributed by atoms with Crippen molar-refractivity contribution < 1.29 is 23.6 Å². The summed E-state index contributed by atoms with van der Waals surface area (Å²) in [6.45, 7) is 9.39.